The van der Waals surface area contributed by atoms with Crippen LogP contribution in [-0.4, -0.2) is 69.2 Å². The molecule has 3 rings (SSSR count). The van der Waals surface area contributed by atoms with Crippen LogP contribution < -0.4 is 21.5 Å². The van der Waals surface area contributed by atoms with Gasteiger partial charge in [-0.1, -0.05) is 0 Å². The monoisotopic (exact) mass is 527 g/mol. The molecule has 1 fully saturated rings. The van der Waals surface area contributed by atoms with Crippen molar-refractivity contribution in [2.24, 2.45) is 0 Å². The average Bonchev–Trinajstić information content (AvgIpc) is 3.47. The highest BCUT2D eigenvalue weighted by molar-refractivity contribution is 7.59. The molecule has 14 nitrogen and oxygen atoms in total. The van der Waals surface area contributed by atoms with Crippen molar-refractivity contribution in [1.29, 1.82) is 0 Å². The highest BCUT2D eigenvalue weighted by Gasteiger charge is 2.33. The molecule has 0 bridgehead atoms. The Hall–Kier alpha value is -2.80. The molecule has 5 N–H and O–H groups in total. The van der Waals surface area contributed by atoms with Crippen LogP contribution in [-0.2, 0) is 34.9 Å². The van der Waals surface area contributed by atoms with Crippen molar-refractivity contribution in [3.8, 4) is 0 Å². The van der Waals surface area contributed by atoms with E-state index >= 15 is 0 Å². The topological polar surface area (TPSA) is 193 Å². The summed E-state index contributed by atoms with van der Waals surface area (Å²) in [6, 6.07) is -1.82. The van der Waals surface area contributed by atoms with E-state index in [2.05, 4.69) is 25.1 Å². The van der Waals surface area contributed by atoms with Crippen molar-refractivity contribution < 1.29 is 28.4 Å². The number of nitrogens with one attached hydrogen (secondary N) is 3. The number of nitrogen functional groups attached to an aromatic ring is 1. The normalized spacial score (nSPS) is 17.5. The van der Waals surface area contributed by atoms with Gasteiger partial charge in [-0.05, 0) is 46.5 Å². The summed E-state index contributed by atoms with van der Waals surface area (Å²) in [7, 11) is -3.62. The average molecular weight is 528 g/mol. The second kappa shape index (κ2) is 12.4. The summed E-state index contributed by atoms with van der Waals surface area (Å²) in [5, 5.41) is 5.52. The van der Waals surface area contributed by atoms with Gasteiger partial charge < -0.3 is 24.5 Å². The molecule has 1 aliphatic rings. The van der Waals surface area contributed by atoms with Crippen LogP contribution in [0, 0.1) is 0 Å². The van der Waals surface area contributed by atoms with Gasteiger partial charge in [-0.15, -0.1) is 0 Å². The molecular formula is C21H34N7O7P. The highest BCUT2D eigenvalue weighted by atomic mass is 31.2. The molecule has 2 heterocycles. The Morgan fingerprint density at radius 2 is 1.92 bits per heavy atom. The number of nitrogens with two attached hydrogens (primary N) is 1. The van der Waals surface area contributed by atoms with Gasteiger partial charge in [0.2, 0.25) is 13.4 Å². The van der Waals surface area contributed by atoms with Gasteiger partial charge in [0.1, 0.15) is 24.5 Å². The Labute approximate surface area is 208 Å². The van der Waals surface area contributed by atoms with E-state index in [9.17, 15) is 18.9 Å². The molecule has 1 unspecified atom stereocenters. The summed E-state index contributed by atoms with van der Waals surface area (Å²) >= 11 is 0. The molecule has 1 saturated carbocycles. The third-order valence-electron chi connectivity index (χ3n) is 5.63. The molecule has 0 aromatic carbocycles. The SMILES string of the molecule is CCOC(=O)[C@@H](C)NP(=O)(COCCn1cnc2c(=O)[nH]c(N)nc21)N[C@@H](C)C(=O)OC1CCCC1. The Morgan fingerprint density at radius 1 is 1.25 bits per heavy atom. The first-order valence-electron chi connectivity index (χ1n) is 11.9. The quantitative estimate of drug-likeness (QED) is 0.163. The Balaban J connectivity index is 1.63. The molecule has 0 aliphatic heterocycles. The lowest BCUT2D eigenvalue weighted by Crippen LogP contribution is -2.43. The molecule has 36 heavy (non-hydrogen) atoms. The van der Waals surface area contributed by atoms with Gasteiger partial charge in [-0.25, -0.2) is 15.2 Å². The van der Waals surface area contributed by atoms with Crippen LogP contribution in [0.15, 0.2) is 11.1 Å². The van der Waals surface area contributed by atoms with E-state index in [1.54, 1.807) is 18.4 Å². The lowest BCUT2D eigenvalue weighted by Gasteiger charge is -2.26. The number of hydrogen-bond donors (Lipinski definition) is 4. The van der Waals surface area contributed by atoms with E-state index in [0.29, 0.717) is 5.65 Å². The number of carbonyl (C=O) groups excluding carboxylic acids is 2. The van der Waals surface area contributed by atoms with Gasteiger partial charge in [-0.3, -0.25) is 23.9 Å². The Morgan fingerprint density at radius 3 is 2.58 bits per heavy atom. The summed E-state index contributed by atoms with van der Waals surface area (Å²) in [5.74, 6) is -1.15. The summed E-state index contributed by atoms with van der Waals surface area (Å²) in [5.41, 5.74) is 5.58. The molecule has 0 amide bonds. The summed E-state index contributed by atoms with van der Waals surface area (Å²) in [6.07, 6.45) is 4.60. The number of aromatic nitrogens is 4. The van der Waals surface area contributed by atoms with Crippen LogP contribution in [0.3, 0.4) is 0 Å². The van der Waals surface area contributed by atoms with Crippen molar-refractivity contribution in [2.45, 2.75) is 71.2 Å². The first-order valence-corrected chi connectivity index (χ1v) is 13.8. The van der Waals surface area contributed by atoms with Crippen molar-refractivity contribution in [2.75, 3.05) is 25.3 Å². The van der Waals surface area contributed by atoms with Crippen LogP contribution in [0.5, 0.6) is 0 Å². The van der Waals surface area contributed by atoms with Crippen LogP contribution in [0.4, 0.5) is 5.95 Å². The molecule has 3 atom stereocenters. The van der Waals surface area contributed by atoms with Crippen LogP contribution in [0.1, 0.15) is 46.5 Å². The largest absolute Gasteiger partial charge is 0.465 e. The number of carbonyl (C=O) groups is 2. The Kier molecular flexibility index (Phi) is 9.60. The number of aromatic amines is 1. The number of rotatable bonds is 13. The van der Waals surface area contributed by atoms with E-state index < -0.39 is 37.0 Å². The van der Waals surface area contributed by atoms with Crippen molar-refractivity contribution in [3.63, 3.8) is 0 Å². The van der Waals surface area contributed by atoms with Crippen molar-refractivity contribution >= 4 is 36.5 Å². The maximum absolute atomic E-state index is 13.7. The van der Waals surface area contributed by atoms with Crippen LogP contribution in [0.2, 0.25) is 0 Å². The van der Waals surface area contributed by atoms with Crippen molar-refractivity contribution in [1.82, 2.24) is 29.7 Å². The molecule has 200 valence electrons. The molecular weight excluding hydrogens is 493 g/mol. The Bertz CT molecular complexity index is 1160. The third-order valence-corrected chi connectivity index (χ3v) is 7.78. The molecule has 1 aliphatic carbocycles. The zero-order valence-corrected chi connectivity index (χ0v) is 21.6. The first kappa shape index (κ1) is 27.8. The zero-order valence-electron chi connectivity index (χ0n) is 20.7. The van der Waals surface area contributed by atoms with Gasteiger partial charge >= 0.3 is 11.9 Å². The molecule has 15 heteroatoms. The van der Waals surface area contributed by atoms with E-state index in [1.165, 1.54) is 13.3 Å². The minimum Gasteiger partial charge on any atom is -0.465 e. The van der Waals surface area contributed by atoms with E-state index in [4.69, 9.17) is 19.9 Å². The van der Waals surface area contributed by atoms with E-state index in [1.807, 2.05) is 0 Å². The van der Waals surface area contributed by atoms with Gasteiger partial charge in [0.25, 0.3) is 5.56 Å². The smallest absolute Gasteiger partial charge is 0.323 e. The van der Waals surface area contributed by atoms with Gasteiger partial charge in [0.05, 0.1) is 19.5 Å². The molecule has 2 aromatic rings. The van der Waals surface area contributed by atoms with Crippen molar-refractivity contribution in [3.05, 3.63) is 16.7 Å². The number of anilines is 1. The molecule has 0 spiro atoms. The number of imidazole rings is 1. The van der Waals surface area contributed by atoms with E-state index in [0.717, 1.165) is 25.7 Å². The number of esters is 2. The fourth-order valence-corrected chi connectivity index (χ4v) is 5.94. The number of nitrogens with zero attached hydrogens (tertiary/aromatic N) is 3. The fraction of sp³-hybridized carbons (Fsp3) is 0.667. The van der Waals surface area contributed by atoms with Gasteiger partial charge in [0.15, 0.2) is 11.2 Å². The highest BCUT2D eigenvalue weighted by Crippen LogP contribution is 2.38. The number of ether oxygens (including phenoxy) is 3. The summed E-state index contributed by atoms with van der Waals surface area (Å²) in [4.78, 5) is 47.1. The standard InChI is InChI=1S/C21H34N7O7P/c1-4-34-19(30)13(2)26-36(32,27-14(3)20(31)35-15-7-5-6-8-15)12-33-10-9-28-11-23-16-17(28)24-21(22)25-18(16)29/h11,13-15H,4-10,12H2,1-3H3,(H2,26,27,32)(H3,22,24,25,29)/t13-,14+,36?/m1/s1. The maximum Gasteiger partial charge on any atom is 0.323 e. The summed E-state index contributed by atoms with van der Waals surface area (Å²) in [6.45, 7) is 5.21. The molecule has 0 saturated heterocycles. The van der Waals surface area contributed by atoms with Gasteiger partial charge in [0, 0.05) is 6.54 Å². The number of H-pyrrole nitrogens is 1. The molecule has 2 aromatic heterocycles. The number of fused-ring (bicyclic) bond motifs is 1. The minimum atomic E-state index is -3.62. The molecule has 0 radical (unpaired) electrons. The first-order chi connectivity index (χ1) is 17.1. The predicted octanol–water partition coefficient (Wildman–Crippen LogP) is 0.874. The lowest BCUT2D eigenvalue weighted by molar-refractivity contribution is -0.150. The van der Waals surface area contributed by atoms with E-state index in [-0.39, 0.29) is 43.7 Å². The lowest BCUT2D eigenvalue weighted by atomic mass is 10.3. The van der Waals surface area contributed by atoms with Gasteiger partial charge in [-0.2, -0.15) is 4.98 Å². The second-order valence-corrected chi connectivity index (χ2v) is 10.9. The fourth-order valence-electron chi connectivity index (χ4n) is 3.87. The maximum atomic E-state index is 13.7. The number of hydrogen-bond acceptors (Lipinski definition) is 10. The minimum absolute atomic E-state index is 0.0421. The van der Waals surface area contributed by atoms with Crippen LogP contribution in [0.25, 0.3) is 11.2 Å². The summed E-state index contributed by atoms with van der Waals surface area (Å²) < 4.78 is 31.4. The zero-order chi connectivity index (χ0) is 26.3. The van der Waals surface area contributed by atoms with Crippen LogP contribution >= 0.6 is 7.44 Å². The predicted molar refractivity (Wildman–Crippen MR) is 131 cm³/mol. The second-order valence-electron chi connectivity index (χ2n) is 8.64. The third kappa shape index (κ3) is 7.36.